The van der Waals surface area contributed by atoms with Crippen LogP contribution < -0.4 is 11.5 Å². The maximum atomic E-state index is 12.6. The van der Waals surface area contributed by atoms with Gasteiger partial charge in [-0.25, -0.2) is 13.4 Å². The lowest BCUT2D eigenvalue weighted by atomic mass is 10.1. The Labute approximate surface area is 128 Å². The molecule has 1 heterocycles. The molecule has 0 aliphatic carbocycles. The summed E-state index contributed by atoms with van der Waals surface area (Å²) in [5.74, 6) is -0.570. The van der Waals surface area contributed by atoms with Gasteiger partial charge in [0, 0.05) is 5.56 Å². The van der Waals surface area contributed by atoms with Gasteiger partial charge in [-0.05, 0) is 12.1 Å². The van der Waals surface area contributed by atoms with Gasteiger partial charge in [0.1, 0.15) is 17.5 Å². The summed E-state index contributed by atoms with van der Waals surface area (Å²) >= 11 is 0. The highest BCUT2D eigenvalue weighted by atomic mass is 32.2. The van der Waals surface area contributed by atoms with E-state index < -0.39 is 20.2 Å². The molecule has 1 aromatic carbocycles. The van der Waals surface area contributed by atoms with Gasteiger partial charge in [-0.2, -0.15) is 23.4 Å². The standard InChI is InChI=1S/C12H8F3N5O2S/c13-12(14,15)23(21,22)7-3-1-2-6(4-7)9-8(5-16)10(17)20-11(18)19-9/h1-4H,(H4,17,18,19,20). The van der Waals surface area contributed by atoms with Crippen LogP contribution in [0.25, 0.3) is 11.3 Å². The highest BCUT2D eigenvalue weighted by molar-refractivity contribution is 7.92. The third-order valence-corrected chi connectivity index (χ3v) is 4.27. The summed E-state index contributed by atoms with van der Waals surface area (Å²) < 4.78 is 60.8. The third kappa shape index (κ3) is 2.88. The minimum absolute atomic E-state index is 0.0623. The Balaban J connectivity index is 2.71. The van der Waals surface area contributed by atoms with Crippen LogP contribution in [-0.4, -0.2) is 23.9 Å². The summed E-state index contributed by atoms with van der Waals surface area (Å²) in [7, 11) is -5.54. The lowest BCUT2D eigenvalue weighted by Gasteiger charge is -2.10. The normalized spacial score (nSPS) is 11.9. The number of anilines is 2. The third-order valence-electron chi connectivity index (χ3n) is 2.79. The van der Waals surface area contributed by atoms with E-state index in [2.05, 4.69) is 9.97 Å². The molecule has 0 radical (unpaired) electrons. The average Bonchev–Trinajstić information content (AvgIpc) is 2.45. The second-order valence-electron chi connectivity index (χ2n) is 4.28. The predicted molar refractivity (Wildman–Crippen MR) is 74.2 cm³/mol. The topological polar surface area (TPSA) is 136 Å². The molecule has 0 aliphatic heterocycles. The van der Waals surface area contributed by atoms with Crippen molar-refractivity contribution in [2.45, 2.75) is 10.4 Å². The molecule has 4 N–H and O–H groups in total. The molecule has 0 fully saturated rings. The summed E-state index contributed by atoms with van der Waals surface area (Å²) in [6, 6.07) is 5.59. The fraction of sp³-hybridized carbons (Fsp3) is 0.0833. The number of benzene rings is 1. The number of halogens is 3. The van der Waals surface area contributed by atoms with Crippen molar-refractivity contribution in [3.63, 3.8) is 0 Å². The molecule has 0 spiro atoms. The van der Waals surface area contributed by atoms with Crippen molar-refractivity contribution in [3.05, 3.63) is 29.8 Å². The Morgan fingerprint density at radius 3 is 2.39 bits per heavy atom. The molecule has 1 aromatic heterocycles. The summed E-state index contributed by atoms with van der Waals surface area (Å²) in [4.78, 5) is 6.33. The van der Waals surface area contributed by atoms with Crippen LogP contribution in [0, 0.1) is 11.3 Å². The highest BCUT2D eigenvalue weighted by Gasteiger charge is 2.46. The quantitative estimate of drug-likeness (QED) is 0.842. The first-order valence-electron chi connectivity index (χ1n) is 5.83. The van der Waals surface area contributed by atoms with Gasteiger partial charge in [0.2, 0.25) is 5.95 Å². The number of hydrogen-bond acceptors (Lipinski definition) is 7. The summed E-state index contributed by atoms with van der Waals surface area (Å²) in [5, 5.41) is 9.06. The second kappa shape index (κ2) is 5.40. The van der Waals surface area contributed by atoms with Crippen molar-refractivity contribution in [1.82, 2.24) is 9.97 Å². The summed E-state index contributed by atoms with van der Waals surface area (Å²) in [6.07, 6.45) is 0. The zero-order valence-electron chi connectivity index (χ0n) is 11.2. The number of nitriles is 1. The molecule has 0 aliphatic rings. The number of nitrogens with two attached hydrogens (primary N) is 2. The smallest absolute Gasteiger partial charge is 0.382 e. The van der Waals surface area contributed by atoms with Crippen molar-refractivity contribution < 1.29 is 21.6 Å². The van der Waals surface area contributed by atoms with Crippen molar-refractivity contribution >= 4 is 21.6 Å². The molecule has 0 unspecified atom stereocenters. The molecule has 0 saturated heterocycles. The van der Waals surface area contributed by atoms with Gasteiger partial charge in [0.05, 0.1) is 10.6 Å². The van der Waals surface area contributed by atoms with Crippen molar-refractivity contribution in [3.8, 4) is 17.3 Å². The van der Waals surface area contributed by atoms with Gasteiger partial charge in [-0.3, -0.25) is 0 Å². The Kier molecular flexibility index (Phi) is 3.87. The minimum atomic E-state index is -5.54. The molecule has 2 rings (SSSR count). The average molecular weight is 343 g/mol. The first-order chi connectivity index (χ1) is 10.6. The van der Waals surface area contributed by atoms with Crippen LogP contribution >= 0.6 is 0 Å². The van der Waals surface area contributed by atoms with Gasteiger partial charge in [-0.1, -0.05) is 12.1 Å². The molecular formula is C12H8F3N5O2S. The minimum Gasteiger partial charge on any atom is -0.382 e. The van der Waals surface area contributed by atoms with E-state index in [1.807, 2.05) is 0 Å². The Morgan fingerprint density at radius 2 is 1.83 bits per heavy atom. The van der Waals surface area contributed by atoms with E-state index in [4.69, 9.17) is 16.7 Å². The first-order valence-corrected chi connectivity index (χ1v) is 7.31. The van der Waals surface area contributed by atoms with E-state index in [1.165, 1.54) is 6.07 Å². The molecule has 2 aromatic rings. The number of nitrogen functional groups attached to an aromatic ring is 2. The zero-order valence-corrected chi connectivity index (χ0v) is 12.0. The molecular weight excluding hydrogens is 335 g/mol. The molecule has 0 amide bonds. The molecule has 120 valence electrons. The number of alkyl halides is 3. The van der Waals surface area contributed by atoms with E-state index in [0.29, 0.717) is 0 Å². The maximum absolute atomic E-state index is 12.6. The Hall–Kier alpha value is -2.87. The predicted octanol–water partition coefficient (Wildman–Crippen LogP) is 1.47. The summed E-state index contributed by atoms with van der Waals surface area (Å²) in [6.45, 7) is 0. The molecule has 0 atom stereocenters. The number of aromatic nitrogens is 2. The Bertz CT molecular complexity index is 919. The fourth-order valence-corrected chi connectivity index (χ4v) is 2.57. The van der Waals surface area contributed by atoms with Crippen LogP contribution in [-0.2, 0) is 9.84 Å². The maximum Gasteiger partial charge on any atom is 0.501 e. The van der Waals surface area contributed by atoms with Crippen LogP contribution in [0.1, 0.15) is 5.56 Å². The molecule has 7 nitrogen and oxygen atoms in total. The van der Waals surface area contributed by atoms with Crippen molar-refractivity contribution in [2.24, 2.45) is 0 Å². The lowest BCUT2D eigenvalue weighted by molar-refractivity contribution is -0.0435. The van der Waals surface area contributed by atoms with Crippen LogP contribution in [0.5, 0.6) is 0 Å². The van der Waals surface area contributed by atoms with Crippen molar-refractivity contribution in [2.75, 3.05) is 11.5 Å². The van der Waals surface area contributed by atoms with E-state index in [9.17, 15) is 21.6 Å². The SMILES string of the molecule is N#Cc1c(N)nc(N)nc1-c1cccc(S(=O)(=O)C(F)(F)F)c1. The lowest BCUT2D eigenvalue weighted by Crippen LogP contribution is -2.23. The monoisotopic (exact) mass is 343 g/mol. The van der Waals surface area contributed by atoms with Gasteiger partial charge in [0.25, 0.3) is 9.84 Å². The van der Waals surface area contributed by atoms with Gasteiger partial charge in [-0.15, -0.1) is 0 Å². The van der Waals surface area contributed by atoms with Crippen LogP contribution in [0.3, 0.4) is 0 Å². The van der Waals surface area contributed by atoms with E-state index in [0.717, 1.165) is 18.2 Å². The highest BCUT2D eigenvalue weighted by Crippen LogP contribution is 2.33. The second-order valence-corrected chi connectivity index (χ2v) is 6.22. The number of rotatable bonds is 2. The van der Waals surface area contributed by atoms with Gasteiger partial charge >= 0.3 is 5.51 Å². The Morgan fingerprint density at radius 1 is 1.17 bits per heavy atom. The fourth-order valence-electron chi connectivity index (χ4n) is 1.76. The molecule has 0 saturated carbocycles. The number of sulfone groups is 1. The summed E-state index contributed by atoms with van der Waals surface area (Å²) in [5.41, 5.74) is 5.02. The molecule has 0 bridgehead atoms. The molecule has 11 heteroatoms. The van der Waals surface area contributed by atoms with E-state index >= 15 is 0 Å². The molecule has 23 heavy (non-hydrogen) atoms. The first kappa shape index (κ1) is 16.5. The van der Waals surface area contributed by atoms with Gasteiger partial charge in [0.15, 0.2) is 0 Å². The van der Waals surface area contributed by atoms with E-state index in [1.54, 1.807) is 6.07 Å². The van der Waals surface area contributed by atoms with Crippen molar-refractivity contribution in [1.29, 1.82) is 5.26 Å². The van der Waals surface area contributed by atoms with Gasteiger partial charge < -0.3 is 11.5 Å². The zero-order chi connectivity index (χ0) is 17.4. The largest absolute Gasteiger partial charge is 0.501 e. The van der Waals surface area contributed by atoms with Crippen LogP contribution in [0.2, 0.25) is 0 Å². The van der Waals surface area contributed by atoms with E-state index in [-0.39, 0.29) is 28.6 Å². The van der Waals surface area contributed by atoms with Crippen LogP contribution in [0.4, 0.5) is 24.9 Å². The number of nitrogens with zero attached hydrogens (tertiary/aromatic N) is 3. The number of hydrogen-bond donors (Lipinski definition) is 2. The van der Waals surface area contributed by atoms with Crippen LogP contribution in [0.15, 0.2) is 29.2 Å².